The lowest BCUT2D eigenvalue weighted by Crippen LogP contribution is -2.50. The van der Waals surface area contributed by atoms with Crippen LogP contribution in [0.3, 0.4) is 0 Å². The highest BCUT2D eigenvalue weighted by Gasteiger charge is 2.32. The van der Waals surface area contributed by atoms with E-state index in [1.54, 1.807) is 24.0 Å². The van der Waals surface area contributed by atoms with Gasteiger partial charge in [-0.1, -0.05) is 6.07 Å². The number of hydrogen-bond donors (Lipinski definition) is 1. The van der Waals surface area contributed by atoms with Crippen LogP contribution in [-0.2, 0) is 10.0 Å². The Morgan fingerprint density at radius 2 is 1.88 bits per heavy atom. The van der Waals surface area contributed by atoms with Crippen LogP contribution in [0.5, 0.6) is 5.75 Å². The molecule has 1 aliphatic heterocycles. The summed E-state index contributed by atoms with van der Waals surface area (Å²) < 4.78 is 31.6. The van der Waals surface area contributed by atoms with E-state index in [0.29, 0.717) is 5.56 Å². The second-order valence-corrected chi connectivity index (χ2v) is 7.59. The van der Waals surface area contributed by atoms with Gasteiger partial charge in [0.25, 0.3) is 5.91 Å². The number of aromatic hydroxyl groups is 1. The van der Waals surface area contributed by atoms with Crippen molar-refractivity contribution in [2.75, 3.05) is 26.2 Å². The zero-order valence-electron chi connectivity index (χ0n) is 13.2. The van der Waals surface area contributed by atoms with E-state index in [2.05, 4.69) is 0 Å². The van der Waals surface area contributed by atoms with Crippen LogP contribution >= 0.6 is 0 Å². The lowest BCUT2D eigenvalue weighted by Gasteiger charge is -2.33. The number of phenols is 1. The monoisotopic (exact) mass is 350 g/mol. The third kappa shape index (κ3) is 3.02. The van der Waals surface area contributed by atoms with E-state index < -0.39 is 10.0 Å². The SMILES string of the molecule is Cc1ccc(O)c(S(=O)(=O)N2CCN(C(=O)c3ccoc3)CC2)c1. The van der Waals surface area contributed by atoms with Gasteiger partial charge in [0.05, 0.1) is 11.8 Å². The normalized spacial score (nSPS) is 16.3. The molecule has 0 spiro atoms. The average molecular weight is 350 g/mol. The summed E-state index contributed by atoms with van der Waals surface area (Å²) in [6.45, 7) is 2.70. The van der Waals surface area contributed by atoms with Gasteiger partial charge in [-0.3, -0.25) is 4.79 Å². The van der Waals surface area contributed by atoms with Gasteiger partial charge in [-0.25, -0.2) is 8.42 Å². The van der Waals surface area contributed by atoms with Gasteiger partial charge in [0.15, 0.2) is 0 Å². The first-order valence-electron chi connectivity index (χ1n) is 7.51. The molecule has 2 heterocycles. The van der Waals surface area contributed by atoms with E-state index in [1.165, 1.54) is 29.0 Å². The Bertz CT molecular complexity index is 837. The minimum atomic E-state index is -3.79. The van der Waals surface area contributed by atoms with Gasteiger partial charge in [0.1, 0.15) is 16.9 Å². The number of phenolic OH excluding ortho intramolecular Hbond substituents is 1. The fraction of sp³-hybridized carbons (Fsp3) is 0.312. The Morgan fingerprint density at radius 1 is 1.17 bits per heavy atom. The lowest BCUT2D eigenvalue weighted by molar-refractivity contribution is 0.0697. The molecule has 1 saturated heterocycles. The summed E-state index contributed by atoms with van der Waals surface area (Å²) in [5.41, 5.74) is 1.20. The van der Waals surface area contributed by atoms with Crippen molar-refractivity contribution in [2.24, 2.45) is 0 Å². The van der Waals surface area contributed by atoms with Crippen molar-refractivity contribution in [1.29, 1.82) is 0 Å². The van der Waals surface area contributed by atoms with Crippen molar-refractivity contribution in [2.45, 2.75) is 11.8 Å². The van der Waals surface area contributed by atoms with Crippen molar-refractivity contribution in [3.63, 3.8) is 0 Å². The van der Waals surface area contributed by atoms with Gasteiger partial charge >= 0.3 is 0 Å². The van der Waals surface area contributed by atoms with E-state index in [9.17, 15) is 18.3 Å². The van der Waals surface area contributed by atoms with Gasteiger partial charge in [0, 0.05) is 26.2 Å². The highest BCUT2D eigenvalue weighted by molar-refractivity contribution is 7.89. The van der Waals surface area contributed by atoms with Gasteiger partial charge in [-0.2, -0.15) is 4.31 Å². The van der Waals surface area contributed by atoms with Crippen LogP contribution in [0.4, 0.5) is 0 Å². The molecule has 0 aliphatic carbocycles. The highest BCUT2D eigenvalue weighted by atomic mass is 32.2. The largest absolute Gasteiger partial charge is 0.507 e. The lowest BCUT2D eigenvalue weighted by atomic mass is 10.2. The third-order valence-electron chi connectivity index (χ3n) is 4.03. The van der Waals surface area contributed by atoms with Crippen LogP contribution in [0.2, 0.25) is 0 Å². The number of sulfonamides is 1. The Kier molecular flexibility index (Phi) is 4.33. The molecule has 128 valence electrons. The zero-order valence-corrected chi connectivity index (χ0v) is 14.0. The molecule has 1 aromatic carbocycles. The number of furan rings is 1. The van der Waals surface area contributed by atoms with Crippen LogP contribution in [0.15, 0.2) is 46.1 Å². The molecule has 8 heteroatoms. The Morgan fingerprint density at radius 3 is 2.50 bits per heavy atom. The predicted octanol–water partition coefficient (Wildman–Crippen LogP) is 1.44. The van der Waals surface area contributed by atoms with Crippen molar-refractivity contribution in [3.8, 4) is 5.75 Å². The van der Waals surface area contributed by atoms with Crippen molar-refractivity contribution in [3.05, 3.63) is 47.9 Å². The van der Waals surface area contributed by atoms with E-state index in [-0.39, 0.29) is 42.7 Å². The summed E-state index contributed by atoms with van der Waals surface area (Å²) in [5.74, 6) is -0.447. The summed E-state index contributed by atoms with van der Waals surface area (Å²) >= 11 is 0. The van der Waals surface area contributed by atoms with Gasteiger partial charge in [0.2, 0.25) is 10.0 Å². The number of rotatable bonds is 3. The molecule has 0 radical (unpaired) electrons. The second-order valence-electron chi connectivity index (χ2n) is 5.68. The van der Waals surface area contributed by atoms with Crippen LogP contribution in [0.1, 0.15) is 15.9 Å². The quantitative estimate of drug-likeness (QED) is 0.904. The number of aryl methyl sites for hydroxylation is 1. The van der Waals surface area contributed by atoms with E-state index in [0.717, 1.165) is 5.56 Å². The fourth-order valence-electron chi connectivity index (χ4n) is 2.67. The Hall–Kier alpha value is -2.32. The van der Waals surface area contributed by atoms with Gasteiger partial charge < -0.3 is 14.4 Å². The molecule has 1 aromatic heterocycles. The number of carbonyl (C=O) groups excluding carboxylic acids is 1. The molecule has 24 heavy (non-hydrogen) atoms. The smallest absolute Gasteiger partial charge is 0.257 e. The maximum atomic E-state index is 12.7. The average Bonchev–Trinajstić information content (AvgIpc) is 3.11. The zero-order chi connectivity index (χ0) is 17.3. The molecule has 7 nitrogen and oxygen atoms in total. The van der Waals surface area contributed by atoms with E-state index >= 15 is 0 Å². The third-order valence-corrected chi connectivity index (χ3v) is 5.95. The fourth-order valence-corrected chi connectivity index (χ4v) is 4.26. The van der Waals surface area contributed by atoms with E-state index in [1.807, 2.05) is 0 Å². The van der Waals surface area contributed by atoms with Crippen LogP contribution < -0.4 is 0 Å². The number of hydrogen-bond acceptors (Lipinski definition) is 5. The summed E-state index contributed by atoms with van der Waals surface area (Å²) in [5, 5.41) is 9.89. The maximum absolute atomic E-state index is 12.7. The second kappa shape index (κ2) is 6.29. The Labute approximate surface area is 140 Å². The minimum absolute atomic E-state index is 0.0999. The van der Waals surface area contributed by atoms with Crippen LogP contribution in [0.25, 0.3) is 0 Å². The number of piperazine rings is 1. The molecule has 1 N–H and O–H groups in total. The van der Waals surface area contributed by atoms with Crippen LogP contribution in [0, 0.1) is 6.92 Å². The van der Waals surface area contributed by atoms with Crippen molar-refractivity contribution < 1.29 is 22.7 Å². The molecule has 0 unspecified atom stereocenters. The molecule has 0 atom stereocenters. The molecule has 0 saturated carbocycles. The Balaban J connectivity index is 1.74. The summed E-state index contributed by atoms with van der Waals surface area (Å²) in [7, 11) is -3.79. The number of carbonyl (C=O) groups is 1. The maximum Gasteiger partial charge on any atom is 0.257 e. The van der Waals surface area contributed by atoms with E-state index in [4.69, 9.17) is 4.42 Å². The topological polar surface area (TPSA) is 91.1 Å². The first kappa shape index (κ1) is 16.5. The molecular weight excluding hydrogens is 332 g/mol. The molecule has 0 bridgehead atoms. The van der Waals surface area contributed by atoms with Gasteiger partial charge in [-0.15, -0.1) is 0 Å². The highest BCUT2D eigenvalue weighted by Crippen LogP contribution is 2.27. The molecule has 1 amide bonds. The van der Waals surface area contributed by atoms with Gasteiger partial charge in [-0.05, 0) is 30.7 Å². The van der Waals surface area contributed by atoms with Crippen LogP contribution in [-0.4, -0.2) is 54.8 Å². The summed E-state index contributed by atoms with van der Waals surface area (Å²) in [6, 6.07) is 6.06. The predicted molar refractivity (Wildman–Crippen MR) is 86.2 cm³/mol. The molecule has 1 aliphatic rings. The van der Waals surface area contributed by atoms with Crippen molar-refractivity contribution in [1.82, 2.24) is 9.21 Å². The molecule has 1 fully saturated rings. The molecule has 3 rings (SSSR count). The number of amides is 1. The first-order chi connectivity index (χ1) is 11.4. The molecular formula is C16H18N2O5S. The summed E-state index contributed by atoms with van der Waals surface area (Å²) in [4.78, 5) is 13.7. The first-order valence-corrected chi connectivity index (χ1v) is 8.95. The summed E-state index contributed by atoms with van der Waals surface area (Å²) in [6.07, 6.45) is 2.80. The number of nitrogens with zero attached hydrogens (tertiary/aromatic N) is 2. The number of benzene rings is 1. The minimum Gasteiger partial charge on any atom is -0.507 e. The standard InChI is InChI=1S/C16H18N2O5S/c1-12-2-3-14(19)15(10-12)24(21,22)18-7-5-17(6-8-18)16(20)13-4-9-23-11-13/h2-4,9-11,19H,5-8H2,1H3. The molecule has 2 aromatic rings. The van der Waals surface area contributed by atoms with Crippen molar-refractivity contribution >= 4 is 15.9 Å².